The Kier molecular flexibility index (Phi) is 5.43. The van der Waals surface area contributed by atoms with E-state index in [9.17, 15) is 0 Å². The summed E-state index contributed by atoms with van der Waals surface area (Å²) in [6.07, 6.45) is 7.04. The molecular weight excluding hydrogens is 220 g/mol. The molecule has 2 rings (SSSR count). The zero-order valence-corrected chi connectivity index (χ0v) is 11.3. The van der Waals surface area contributed by atoms with Crippen LogP contribution in [0.15, 0.2) is 36.4 Å². The monoisotopic (exact) mass is 244 g/mol. The Morgan fingerprint density at radius 2 is 2.17 bits per heavy atom. The molecule has 98 valence electrons. The van der Waals surface area contributed by atoms with Crippen LogP contribution in [0.25, 0.3) is 6.08 Å². The Bertz CT molecular complexity index is 353. The first-order valence-electron chi connectivity index (χ1n) is 7.06. The molecule has 1 atom stereocenters. The van der Waals surface area contributed by atoms with E-state index in [1.165, 1.54) is 31.5 Å². The zero-order chi connectivity index (χ0) is 12.6. The summed E-state index contributed by atoms with van der Waals surface area (Å²) < 4.78 is 0. The van der Waals surface area contributed by atoms with E-state index in [2.05, 4.69) is 59.6 Å². The van der Waals surface area contributed by atoms with E-state index in [4.69, 9.17) is 0 Å². The van der Waals surface area contributed by atoms with Crippen molar-refractivity contribution in [2.45, 2.75) is 25.8 Å². The highest BCUT2D eigenvalue weighted by molar-refractivity contribution is 5.48. The van der Waals surface area contributed by atoms with Crippen molar-refractivity contribution in [3.63, 3.8) is 0 Å². The van der Waals surface area contributed by atoms with Crippen LogP contribution in [0.3, 0.4) is 0 Å². The minimum absolute atomic E-state index is 0.727. The smallest absolute Gasteiger partial charge is 0.0236 e. The van der Waals surface area contributed by atoms with Gasteiger partial charge in [0.05, 0.1) is 0 Å². The highest BCUT2D eigenvalue weighted by Gasteiger charge is 2.20. The Morgan fingerprint density at radius 1 is 1.33 bits per heavy atom. The van der Waals surface area contributed by atoms with Gasteiger partial charge >= 0.3 is 0 Å². The molecule has 0 bridgehead atoms. The number of hydrogen-bond acceptors (Lipinski definition) is 2. The molecule has 0 aliphatic carbocycles. The number of benzene rings is 1. The fourth-order valence-electron chi connectivity index (χ4n) is 2.55. The highest BCUT2D eigenvalue weighted by Crippen LogP contribution is 2.10. The fraction of sp³-hybridized carbons (Fsp3) is 0.500. The van der Waals surface area contributed by atoms with E-state index in [0.29, 0.717) is 0 Å². The standard InChI is InChI=1S/C16H24N2/c1-2-12-18(16-10-11-17-14-16)13-6-9-15-7-4-3-5-8-15/h3-9,16-17H,2,10-14H2,1H3/b9-6+. The predicted octanol–water partition coefficient (Wildman–Crippen LogP) is 2.77. The molecule has 2 nitrogen and oxygen atoms in total. The molecule has 1 saturated heterocycles. The topological polar surface area (TPSA) is 15.3 Å². The fourth-order valence-corrected chi connectivity index (χ4v) is 2.55. The molecule has 1 aliphatic heterocycles. The molecule has 1 N–H and O–H groups in total. The summed E-state index contributed by atoms with van der Waals surface area (Å²) in [6.45, 7) is 6.85. The van der Waals surface area contributed by atoms with Crippen molar-refractivity contribution in [2.24, 2.45) is 0 Å². The summed E-state index contributed by atoms with van der Waals surface area (Å²) in [5.74, 6) is 0. The lowest BCUT2D eigenvalue weighted by atomic mass is 10.2. The van der Waals surface area contributed by atoms with Crippen LogP contribution in [-0.2, 0) is 0 Å². The molecule has 1 aromatic rings. The quantitative estimate of drug-likeness (QED) is 0.828. The van der Waals surface area contributed by atoms with Gasteiger partial charge in [0.2, 0.25) is 0 Å². The van der Waals surface area contributed by atoms with Crippen molar-refractivity contribution in [1.82, 2.24) is 10.2 Å². The van der Waals surface area contributed by atoms with E-state index < -0.39 is 0 Å². The summed E-state index contributed by atoms with van der Waals surface area (Å²) in [6, 6.07) is 11.3. The van der Waals surface area contributed by atoms with Gasteiger partial charge in [-0.1, -0.05) is 49.4 Å². The van der Waals surface area contributed by atoms with E-state index >= 15 is 0 Å². The first-order chi connectivity index (χ1) is 8.90. The lowest BCUT2D eigenvalue weighted by molar-refractivity contribution is 0.231. The lowest BCUT2D eigenvalue weighted by Gasteiger charge is -2.26. The molecule has 1 aromatic carbocycles. The van der Waals surface area contributed by atoms with E-state index in [1.807, 2.05) is 0 Å². The molecule has 0 amide bonds. The van der Waals surface area contributed by atoms with Crippen molar-refractivity contribution in [1.29, 1.82) is 0 Å². The highest BCUT2D eigenvalue weighted by atomic mass is 15.2. The van der Waals surface area contributed by atoms with Gasteiger partial charge in [0.15, 0.2) is 0 Å². The third kappa shape index (κ3) is 3.97. The second-order valence-corrected chi connectivity index (χ2v) is 4.95. The molecule has 1 aliphatic rings. The average Bonchev–Trinajstić information content (AvgIpc) is 2.93. The maximum Gasteiger partial charge on any atom is 0.0236 e. The van der Waals surface area contributed by atoms with E-state index in [-0.39, 0.29) is 0 Å². The summed E-state index contributed by atoms with van der Waals surface area (Å²) >= 11 is 0. The van der Waals surface area contributed by atoms with Crippen LogP contribution in [0.4, 0.5) is 0 Å². The van der Waals surface area contributed by atoms with Gasteiger partial charge in [-0.25, -0.2) is 0 Å². The second kappa shape index (κ2) is 7.34. The maximum atomic E-state index is 3.45. The first-order valence-corrected chi connectivity index (χ1v) is 7.06. The number of hydrogen-bond donors (Lipinski definition) is 1. The first kappa shape index (κ1) is 13.3. The SMILES string of the molecule is CCCN(C/C=C/c1ccccc1)C1CCNC1. The van der Waals surface area contributed by atoms with Crippen LogP contribution in [0.1, 0.15) is 25.3 Å². The summed E-state index contributed by atoms with van der Waals surface area (Å²) in [7, 11) is 0. The molecule has 1 unspecified atom stereocenters. The normalized spacial score (nSPS) is 20.0. The predicted molar refractivity (Wildman–Crippen MR) is 78.6 cm³/mol. The average molecular weight is 244 g/mol. The molecule has 0 aromatic heterocycles. The van der Waals surface area contributed by atoms with Gasteiger partial charge in [0, 0.05) is 19.1 Å². The van der Waals surface area contributed by atoms with Crippen LogP contribution < -0.4 is 5.32 Å². The maximum absolute atomic E-state index is 3.45. The lowest BCUT2D eigenvalue weighted by Crippen LogP contribution is -2.37. The van der Waals surface area contributed by atoms with E-state index in [0.717, 1.165) is 19.1 Å². The number of nitrogens with zero attached hydrogens (tertiary/aromatic N) is 1. The Labute approximate surface area is 111 Å². The number of nitrogens with one attached hydrogen (secondary N) is 1. The molecule has 1 fully saturated rings. The minimum Gasteiger partial charge on any atom is -0.315 e. The van der Waals surface area contributed by atoms with Gasteiger partial charge in [-0.15, -0.1) is 0 Å². The third-order valence-corrected chi connectivity index (χ3v) is 3.51. The van der Waals surface area contributed by atoms with Gasteiger partial charge in [0.1, 0.15) is 0 Å². The van der Waals surface area contributed by atoms with Gasteiger partial charge in [-0.05, 0) is 31.5 Å². The van der Waals surface area contributed by atoms with Crippen molar-refractivity contribution in [3.05, 3.63) is 42.0 Å². The van der Waals surface area contributed by atoms with E-state index in [1.54, 1.807) is 0 Å². The zero-order valence-electron chi connectivity index (χ0n) is 11.3. The molecule has 18 heavy (non-hydrogen) atoms. The minimum atomic E-state index is 0.727. The van der Waals surface area contributed by atoms with Gasteiger partial charge in [-0.2, -0.15) is 0 Å². The van der Waals surface area contributed by atoms with Crippen molar-refractivity contribution in [3.8, 4) is 0 Å². The molecule has 0 radical (unpaired) electrons. The summed E-state index contributed by atoms with van der Waals surface area (Å²) in [5.41, 5.74) is 1.29. The molecule has 0 spiro atoms. The third-order valence-electron chi connectivity index (χ3n) is 3.51. The summed E-state index contributed by atoms with van der Waals surface area (Å²) in [4.78, 5) is 2.60. The van der Waals surface area contributed by atoms with Gasteiger partial charge in [0.25, 0.3) is 0 Å². The van der Waals surface area contributed by atoms with Crippen LogP contribution in [-0.4, -0.2) is 37.1 Å². The molecule has 2 heteroatoms. The summed E-state index contributed by atoms with van der Waals surface area (Å²) in [5, 5.41) is 3.45. The molecule has 1 heterocycles. The van der Waals surface area contributed by atoms with Crippen molar-refractivity contribution < 1.29 is 0 Å². The second-order valence-electron chi connectivity index (χ2n) is 4.95. The van der Waals surface area contributed by atoms with Crippen molar-refractivity contribution >= 4 is 6.08 Å². The largest absolute Gasteiger partial charge is 0.315 e. The van der Waals surface area contributed by atoms with Crippen LogP contribution in [0, 0.1) is 0 Å². The Morgan fingerprint density at radius 3 is 2.83 bits per heavy atom. The van der Waals surface area contributed by atoms with Crippen molar-refractivity contribution in [2.75, 3.05) is 26.2 Å². The molecule has 0 saturated carbocycles. The van der Waals surface area contributed by atoms with Gasteiger partial charge < -0.3 is 5.32 Å². The van der Waals surface area contributed by atoms with Crippen LogP contribution in [0.2, 0.25) is 0 Å². The molecular formula is C16H24N2. The Hall–Kier alpha value is -1.12. The van der Waals surface area contributed by atoms with Crippen LogP contribution in [0.5, 0.6) is 0 Å². The Balaban J connectivity index is 1.87. The van der Waals surface area contributed by atoms with Crippen LogP contribution >= 0.6 is 0 Å². The van der Waals surface area contributed by atoms with Gasteiger partial charge in [-0.3, -0.25) is 4.90 Å². The number of rotatable bonds is 6.